The molecule has 1 aliphatic heterocycles. The van der Waals surface area contributed by atoms with Crippen LogP contribution in [0.25, 0.3) is 0 Å². The van der Waals surface area contributed by atoms with Crippen molar-refractivity contribution in [1.29, 1.82) is 0 Å². The van der Waals surface area contributed by atoms with E-state index in [2.05, 4.69) is 48.3 Å². The molecule has 3 heteroatoms. The first-order chi connectivity index (χ1) is 8.19. The topological polar surface area (TPSA) is 6.48 Å². The van der Waals surface area contributed by atoms with Crippen LogP contribution in [0.5, 0.6) is 0 Å². The van der Waals surface area contributed by atoms with E-state index in [1.54, 1.807) is 0 Å². The molecular weight excluding hydrogens is 228 g/mol. The Morgan fingerprint density at radius 3 is 2.59 bits per heavy atom. The van der Waals surface area contributed by atoms with Gasteiger partial charge in [0, 0.05) is 18.0 Å². The maximum atomic E-state index is 3.95. The fourth-order valence-corrected chi connectivity index (χ4v) is 3.89. The molecule has 2 rings (SSSR count). The summed E-state index contributed by atoms with van der Waals surface area (Å²) < 4.78 is 0. The standard InChI is InChI=1S/C14H23N2S/c1-4-9-16-10-7-14(8-11-16,15(2)3)13-6-5-12-17-13/h5-6,12H,1,4,7-11H2,2-3H3. The van der Waals surface area contributed by atoms with Crippen LogP contribution in [-0.4, -0.2) is 43.5 Å². The van der Waals surface area contributed by atoms with E-state index in [0.717, 1.165) is 13.0 Å². The second-order valence-corrected chi connectivity index (χ2v) is 6.05. The third-order valence-electron chi connectivity index (χ3n) is 3.99. The van der Waals surface area contributed by atoms with E-state index in [9.17, 15) is 0 Å². The van der Waals surface area contributed by atoms with Crippen molar-refractivity contribution in [2.24, 2.45) is 0 Å². The van der Waals surface area contributed by atoms with E-state index >= 15 is 0 Å². The van der Waals surface area contributed by atoms with Gasteiger partial charge in [-0.05, 0) is 51.3 Å². The van der Waals surface area contributed by atoms with Crippen molar-refractivity contribution in [2.45, 2.75) is 24.8 Å². The van der Waals surface area contributed by atoms with Crippen LogP contribution in [-0.2, 0) is 5.54 Å². The average Bonchev–Trinajstić information content (AvgIpc) is 2.84. The van der Waals surface area contributed by atoms with Crippen molar-refractivity contribution in [3.8, 4) is 0 Å². The SMILES string of the molecule is [CH2]CCN1CCC(c2cccs2)(N(C)C)CC1. The lowest BCUT2D eigenvalue weighted by molar-refractivity contribution is 0.0574. The molecule has 1 radical (unpaired) electrons. The lowest BCUT2D eigenvalue weighted by Crippen LogP contribution is -2.50. The normalized spacial score (nSPS) is 20.9. The van der Waals surface area contributed by atoms with Gasteiger partial charge in [-0.25, -0.2) is 0 Å². The summed E-state index contributed by atoms with van der Waals surface area (Å²) in [6.45, 7) is 7.50. The Morgan fingerprint density at radius 1 is 1.41 bits per heavy atom. The van der Waals surface area contributed by atoms with Crippen LogP contribution in [0.15, 0.2) is 17.5 Å². The predicted molar refractivity (Wildman–Crippen MR) is 75.3 cm³/mol. The van der Waals surface area contributed by atoms with Crippen LogP contribution in [0, 0.1) is 6.92 Å². The molecule has 0 aromatic carbocycles. The predicted octanol–water partition coefficient (Wildman–Crippen LogP) is 2.82. The van der Waals surface area contributed by atoms with Crippen molar-refractivity contribution in [3.05, 3.63) is 29.3 Å². The number of hydrogen-bond donors (Lipinski definition) is 0. The van der Waals surface area contributed by atoms with E-state index < -0.39 is 0 Å². The second-order valence-electron chi connectivity index (χ2n) is 5.10. The van der Waals surface area contributed by atoms with Crippen LogP contribution < -0.4 is 0 Å². The molecule has 95 valence electrons. The number of piperidine rings is 1. The molecule has 0 N–H and O–H groups in total. The summed E-state index contributed by atoms with van der Waals surface area (Å²) >= 11 is 1.90. The number of hydrogen-bond acceptors (Lipinski definition) is 3. The summed E-state index contributed by atoms with van der Waals surface area (Å²) in [4.78, 5) is 6.49. The van der Waals surface area contributed by atoms with E-state index in [1.807, 2.05) is 11.3 Å². The van der Waals surface area contributed by atoms with Crippen LogP contribution in [0.3, 0.4) is 0 Å². The fraction of sp³-hybridized carbons (Fsp3) is 0.643. The molecular formula is C14H23N2S. The van der Waals surface area contributed by atoms with Gasteiger partial charge >= 0.3 is 0 Å². The molecule has 0 aliphatic carbocycles. The lowest BCUT2D eigenvalue weighted by Gasteiger charge is -2.45. The Morgan fingerprint density at radius 2 is 2.12 bits per heavy atom. The molecule has 0 atom stereocenters. The molecule has 17 heavy (non-hydrogen) atoms. The first kappa shape index (κ1) is 13.1. The third kappa shape index (κ3) is 2.56. The molecule has 2 heterocycles. The Balaban J connectivity index is 2.11. The Kier molecular flexibility index (Phi) is 4.23. The minimum atomic E-state index is 0.270. The average molecular weight is 251 g/mol. The van der Waals surface area contributed by atoms with Gasteiger partial charge in [-0.2, -0.15) is 0 Å². The van der Waals surface area contributed by atoms with Gasteiger partial charge in [0.15, 0.2) is 0 Å². The summed E-state index contributed by atoms with van der Waals surface area (Å²) in [5.74, 6) is 0. The quantitative estimate of drug-likeness (QED) is 0.812. The van der Waals surface area contributed by atoms with Gasteiger partial charge in [0.05, 0.1) is 5.54 Å². The second kappa shape index (κ2) is 5.51. The van der Waals surface area contributed by atoms with Crippen molar-refractivity contribution in [3.63, 3.8) is 0 Å². The van der Waals surface area contributed by atoms with Crippen molar-refractivity contribution in [2.75, 3.05) is 33.7 Å². The highest BCUT2D eigenvalue weighted by atomic mass is 32.1. The van der Waals surface area contributed by atoms with E-state index in [-0.39, 0.29) is 5.54 Å². The molecule has 1 aromatic rings. The maximum absolute atomic E-state index is 3.95. The molecule has 0 bridgehead atoms. The third-order valence-corrected chi connectivity index (χ3v) is 5.06. The van der Waals surface area contributed by atoms with E-state index in [4.69, 9.17) is 0 Å². The first-order valence-corrected chi connectivity index (χ1v) is 7.30. The summed E-state index contributed by atoms with van der Waals surface area (Å²) in [6.07, 6.45) is 3.50. The van der Waals surface area contributed by atoms with E-state index in [0.29, 0.717) is 0 Å². The highest BCUT2D eigenvalue weighted by Crippen LogP contribution is 2.39. The number of rotatable bonds is 4. The molecule has 1 aliphatic rings. The fourth-order valence-electron chi connectivity index (χ4n) is 2.83. The first-order valence-electron chi connectivity index (χ1n) is 6.42. The smallest absolute Gasteiger partial charge is 0.0573 e. The Hall–Kier alpha value is -0.380. The van der Waals surface area contributed by atoms with Crippen molar-refractivity contribution >= 4 is 11.3 Å². The van der Waals surface area contributed by atoms with Gasteiger partial charge in [0.2, 0.25) is 0 Å². The van der Waals surface area contributed by atoms with Gasteiger partial charge < -0.3 is 4.90 Å². The minimum absolute atomic E-state index is 0.270. The molecule has 0 amide bonds. The highest BCUT2D eigenvalue weighted by Gasteiger charge is 2.38. The molecule has 1 fully saturated rings. The van der Waals surface area contributed by atoms with Gasteiger partial charge in [-0.1, -0.05) is 13.0 Å². The molecule has 1 saturated heterocycles. The van der Waals surface area contributed by atoms with E-state index in [1.165, 1.54) is 30.8 Å². The summed E-state index contributed by atoms with van der Waals surface area (Å²) in [6, 6.07) is 4.47. The molecule has 0 unspecified atom stereocenters. The van der Waals surface area contributed by atoms with Crippen LogP contribution in [0.4, 0.5) is 0 Å². The summed E-state index contributed by atoms with van der Waals surface area (Å²) in [5, 5.41) is 2.20. The largest absolute Gasteiger partial charge is 0.303 e. The Labute approximate surface area is 109 Å². The monoisotopic (exact) mass is 251 g/mol. The maximum Gasteiger partial charge on any atom is 0.0573 e. The van der Waals surface area contributed by atoms with Crippen LogP contribution in [0.1, 0.15) is 24.1 Å². The van der Waals surface area contributed by atoms with Crippen molar-refractivity contribution in [1.82, 2.24) is 9.80 Å². The van der Waals surface area contributed by atoms with Gasteiger partial charge in [-0.15, -0.1) is 11.3 Å². The molecule has 2 nitrogen and oxygen atoms in total. The molecule has 1 aromatic heterocycles. The van der Waals surface area contributed by atoms with Crippen LogP contribution >= 0.6 is 11.3 Å². The zero-order chi connectivity index (χ0) is 12.3. The Bertz CT molecular complexity index is 324. The highest BCUT2D eigenvalue weighted by molar-refractivity contribution is 7.10. The van der Waals surface area contributed by atoms with Gasteiger partial charge in [-0.3, -0.25) is 4.90 Å². The van der Waals surface area contributed by atoms with Gasteiger partial charge in [0.25, 0.3) is 0 Å². The van der Waals surface area contributed by atoms with Crippen molar-refractivity contribution < 1.29 is 0 Å². The van der Waals surface area contributed by atoms with Crippen LogP contribution in [0.2, 0.25) is 0 Å². The number of thiophene rings is 1. The molecule has 0 spiro atoms. The molecule has 0 saturated carbocycles. The zero-order valence-corrected chi connectivity index (χ0v) is 11.8. The van der Waals surface area contributed by atoms with Gasteiger partial charge in [0.1, 0.15) is 0 Å². The number of likely N-dealkylation sites (tertiary alicyclic amines) is 1. The minimum Gasteiger partial charge on any atom is -0.303 e. The summed E-state index contributed by atoms with van der Waals surface area (Å²) in [7, 11) is 4.44. The summed E-state index contributed by atoms with van der Waals surface area (Å²) in [5.41, 5.74) is 0.270. The lowest BCUT2D eigenvalue weighted by atomic mass is 9.84. The number of nitrogens with zero attached hydrogens (tertiary/aromatic N) is 2. The zero-order valence-electron chi connectivity index (χ0n) is 11.0.